The maximum absolute atomic E-state index is 11.5. The number of rotatable bonds is 2. The molecule has 8 heteroatoms. The highest BCUT2D eigenvalue weighted by Crippen LogP contribution is 2.32. The molecule has 112 valence electrons. The van der Waals surface area contributed by atoms with Gasteiger partial charge in [-0.05, 0) is 28.8 Å². The van der Waals surface area contributed by atoms with E-state index in [1.807, 2.05) is 10.6 Å². The van der Waals surface area contributed by atoms with Gasteiger partial charge in [0.2, 0.25) is 0 Å². The smallest absolute Gasteiger partial charge is 0.334 e. The minimum Gasteiger partial charge on any atom is -0.467 e. The molecule has 0 aliphatic carbocycles. The standard InChI is InChI=1S/C13H13BrClN3O3/c1-20-13(19)8-3-2-7(6-21-8)12-17-10(14)9-11(15)16-4-5-18(9)12/h4-5,7-8H,2-3,6H2,1H3. The van der Waals surface area contributed by atoms with Crippen LogP contribution in [0, 0.1) is 0 Å². The zero-order chi connectivity index (χ0) is 15.0. The fourth-order valence-corrected chi connectivity index (χ4v) is 3.46. The second-order valence-corrected chi connectivity index (χ2v) is 5.93. The highest BCUT2D eigenvalue weighted by Gasteiger charge is 2.31. The lowest BCUT2D eigenvalue weighted by Crippen LogP contribution is -2.32. The quantitative estimate of drug-likeness (QED) is 0.756. The van der Waals surface area contributed by atoms with Crippen molar-refractivity contribution in [2.75, 3.05) is 13.7 Å². The van der Waals surface area contributed by atoms with Gasteiger partial charge in [0, 0.05) is 18.3 Å². The maximum atomic E-state index is 11.5. The topological polar surface area (TPSA) is 65.7 Å². The van der Waals surface area contributed by atoms with Gasteiger partial charge in [0.25, 0.3) is 0 Å². The number of halogens is 2. The molecule has 0 radical (unpaired) electrons. The first-order valence-corrected chi connectivity index (χ1v) is 7.66. The molecule has 1 aliphatic rings. The van der Waals surface area contributed by atoms with E-state index in [-0.39, 0.29) is 11.9 Å². The molecule has 3 rings (SSSR count). The van der Waals surface area contributed by atoms with Crippen molar-refractivity contribution in [3.63, 3.8) is 0 Å². The van der Waals surface area contributed by atoms with Crippen LogP contribution in [0.25, 0.3) is 5.52 Å². The number of hydrogen-bond donors (Lipinski definition) is 0. The van der Waals surface area contributed by atoms with E-state index in [1.165, 1.54) is 7.11 Å². The van der Waals surface area contributed by atoms with Gasteiger partial charge in [-0.15, -0.1) is 0 Å². The van der Waals surface area contributed by atoms with Crippen LogP contribution in [0.1, 0.15) is 24.6 Å². The summed E-state index contributed by atoms with van der Waals surface area (Å²) in [6.07, 6.45) is 4.38. The first-order chi connectivity index (χ1) is 10.1. The van der Waals surface area contributed by atoms with Crippen molar-refractivity contribution in [3.8, 4) is 0 Å². The van der Waals surface area contributed by atoms with E-state index in [0.29, 0.717) is 22.8 Å². The molecule has 2 unspecified atom stereocenters. The van der Waals surface area contributed by atoms with Crippen LogP contribution in [0.5, 0.6) is 0 Å². The predicted molar refractivity (Wildman–Crippen MR) is 79.4 cm³/mol. The molecule has 0 amide bonds. The molecular weight excluding hydrogens is 362 g/mol. The van der Waals surface area contributed by atoms with Gasteiger partial charge in [-0.2, -0.15) is 0 Å². The summed E-state index contributed by atoms with van der Waals surface area (Å²) in [5, 5.41) is 0.396. The summed E-state index contributed by atoms with van der Waals surface area (Å²) in [7, 11) is 1.37. The lowest BCUT2D eigenvalue weighted by Gasteiger charge is -2.26. The lowest BCUT2D eigenvalue weighted by molar-refractivity contribution is -0.157. The summed E-state index contributed by atoms with van der Waals surface area (Å²) in [6, 6.07) is 0. The van der Waals surface area contributed by atoms with E-state index in [2.05, 4.69) is 25.9 Å². The molecule has 0 saturated carbocycles. The Morgan fingerprint density at radius 3 is 3.05 bits per heavy atom. The minimum atomic E-state index is -0.480. The second kappa shape index (κ2) is 5.90. The third-order valence-corrected chi connectivity index (χ3v) is 4.43. The van der Waals surface area contributed by atoms with Crippen LogP contribution in [0.4, 0.5) is 0 Å². The second-order valence-electron chi connectivity index (χ2n) is 4.82. The summed E-state index contributed by atoms with van der Waals surface area (Å²) >= 11 is 9.51. The number of carbonyl (C=O) groups is 1. The molecule has 0 spiro atoms. The molecule has 21 heavy (non-hydrogen) atoms. The average Bonchev–Trinajstić information content (AvgIpc) is 2.85. The van der Waals surface area contributed by atoms with E-state index in [9.17, 15) is 4.79 Å². The Morgan fingerprint density at radius 1 is 1.57 bits per heavy atom. The van der Waals surface area contributed by atoms with Crippen molar-refractivity contribution in [3.05, 3.63) is 28.0 Å². The van der Waals surface area contributed by atoms with Crippen LogP contribution < -0.4 is 0 Å². The Morgan fingerprint density at radius 2 is 2.38 bits per heavy atom. The van der Waals surface area contributed by atoms with Crippen LogP contribution in [0.15, 0.2) is 17.0 Å². The first-order valence-electron chi connectivity index (χ1n) is 6.49. The van der Waals surface area contributed by atoms with Gasteiger partial charge < -0.3 is 9.47 Å². The number of carbonyl (C=O) groups excluding carboxylic acids is 1. The largest absolute Gasteiger partial charge is 0.467 e. The maximum Gasteiger partial charge on any atom is 0.334 e. The van der Waals surface area contributed by atoms with Crippen molar-refractivity contribution in [2.24, 2.45) is 0 Å². The molecule has 0 N–H and O–H groups in total. The average molecular weight is 375 g/mol. The SMILES string of the molecule is COC(=O)C1CCC(c2nc(Br)c3c(Cl)nccn23)CO1. The minimum absolute atomic E-state index is 0.100. The number of imidazole rings is 1. The molecule has 0 bridgehead atoms. The van der Waals surface area contributed by atoms with E-state index in [1.54, 1.807) is 6.20 Å². The van der Waals surface area contributed by atoms with Gasteiger partial charge in [0.1, 0.15) is 15.9 Å². The van der Waals surface area contributed by atoms with Crippen molar-refractivity contribution in [1.82, 2.24) is 14.4 Å². The fourth-order valence-electron chi connectivity index (χ4n) is 2.54. The summed E-state index contributed by atoms with van der Waals surface area (Å²) in [6.45, 7) is 0.422. The number of ether oxygens (including phenoxy) is 2. The molecule has 1 saturated heterocycles. The predicted octanol–water partition coefficient (Wildman–Crippen LogP) is 2.58. The van der Waals surface area contributed by atoms with E-state index < -0.39 is 6.10 Å². The van der Waals surface area contributed by atoms with Gasteiger partial charge in [0.05, 0.1) is 13.7 Å². The molecule has 6 nitrogen and oxygen atoms in total. The highest BCUT2D eigenvalue weighted by atomic mass is 79.9. The molecule has 1 fully saturated rings. The van der Waals surface area contributed by atoms with Gasteiger partial charge >= 0.3 is 5.97 Å². The van der Waals surface area contributed by atoms with Gasteiger partial charge in [-0.3, -0.25) is 4.40 Å². The number of fused-ring (bicyclic) bond motifs is 1. The Bertz CT molecular complexity index is 683. The van der Waals surface area contributed by atoms with E-state index in [0.717, 1.165) is 17.8 Å². The van der Waals surface area contributed by atoms with E-state index in [4.69, 9.17) is 21.1 Å². The first kappa shape index (κ1) is 14.7. The number of nitrogens with zero attached hydrogens (tertiary/aromatic N) is 3. The fraction of sp³-hybridized carbons (Fsp3) is 0.462. The molecule has 2 aromatic rings. The summed E-state index contributed by atoms with van der Waals surface area (Å²) in [4.78, 5) is 20.0. The Hall–Kier alpha value is -1.18. The van der Waals surface area contributed by atoms with Crippen molar-refractivity contribution in [2.45, 2.75) is 24.9 Å². The normalized spacial score (nSPS) is 22.4. The number of methoxy groups -OCH3 is 1. The van der Waals surface area contributed by atoms with Crippen molar-refractivity contribution >= 4 is 39.0 Å². The third-order valence-electron chi connectivity index (χ3n) is 3.60. The third kappa shape index (κ3) is 2.65. The van der Waals surface area contributed by atoms with Crippen molar-refractivity contribution in [1.29, 1.82) is 0 Å². The Labute approximate surface area is 134 Å². The van der Waals surface area contributed by atoms with Gasteiger partial charge in [-0.25, -0.2) is 14.8 Å². The lowest BCUT2D eigenvalue weighted by atomic mass is 9.97. The summed E-state index contributed by atoms with van der Waals surface area (Å²) in [5.74, 6) is 0.627. The van der Waals surface area contributed by atoms with Gasteiger partial charge in [0.15, 0.2) is 11.3 Å². The van der Waals surface area contributed by atoms with Crippen LogP contribution in [-0.2, 0) is 14.3 Å². The molecule has 0 aromatic carbocycles. The van der Waals surface area contributed by atoms with Gasteiger partial charge in [-0.1, -0.05) is 11.6 Å². The summed E-state index contributed by atoms with van der Waals surface area (Å²) < 4.78 is 12.9. The Kier molecular flexibility index (Phi) is 4.14. The number of esters is 1. The monoisotopic (exact) mass is 373 g/mol. The van der Waals surface area contributed by atoms with Crippen LogP contribution in [-0.4, -0.2) is 40.2 Å². The zero-order valence-electron chi connectivity index (χ0n) is 11.3. The van der Waals surface area contributed by atoms with Crippen LogP contribution in [0.2, 0.25) is 5.15 Å². The molecule has 3 heterocycles. The molecule has 2 atom stereocenters. The number of hydrogen-bond acceptors (Lipinski definition) is 5. The molecule has 1 aliphatic heterocycles. The number of aromatic nitrogens is 3. The summed E-state index contributed by atoms with van der Waals surface area (Å²) in [5.41, 5.74) is 0.740. The van der Waals surface area contributed by atoms with Crippen LogP contribution >= 0.6 is 27.5 Å². The van der Waals surface area contributed by atoms with Crippen LogP contribution in [0.3, 0.4) is 0 Å². The highest BCUT2D eigenvalue weighted by molar-refractivity contribution is 9.10. The van der Waals surface area contributed by atoms with Crippen molar-refractivity contribution < 1.29 is 14.3 Å². The molecule has 2 aromatic heterocycles. The van der Waals surface area contributed by atoms with E-state index >= 15 is 0 Å². The Balaban J connectivity index is 1.86. The zero-order valence-corrected chi connectivity index (χ0v) is 13.6. The molecular formula is C13H13BrClN3O3.